The summed E-state index contributed by atoms with van der Waals surface area (Å²) >= 11 is 4.63. The summed E-state index contributed by atoms with van der Waals surface area (Å²) in [5.41, 5.74) is 3.73. The summed E-state index contributed by atoms with van der Waals surface area (Å²) < 4.78 is 12.4. The number of nitrogens with zero attached hydrogens (tertiary/aromatic N) is 4. The number of amides is 1. The quantitative estimate of drug-likeness (QED) is 0.361. The molecule has 5 rings (SSSR count). The highest BCUT2D eigenvalue weighted by atomic mass is 32.1. The van der Waals surface area contributed by atoms with Crippen molar-refractivity contribution in [1.29, 1.82) is 5.26 Å². The number of para-hydroxylation sites is 1. The molecule has 1 atom stereocenters. The molecule has 1 N–H and O–H groups in total. The van der Waals surface area contributed by atoms with E-state index in [4.69, 9.17) is 14.6 Å². The average molecular weight is 510 g/mol. The molecule has 184 valence electrons. The molecular weight excluding hydrogens is 486 g/mol. The van der Waals surface area contributed by atoms with Crippen LogP contribution < -0.4 is 19.7 Å². The van der Waals surface area contributed by atoms with Gasteiger partial charge < -0.3 is 19.7 Å². The number of hydrogen-bond acceptors (Lipinski definition) is 7. The number of carbonyl (C=O) groups is 1. The van der Waals surface area contributed by atoms with Crippen molar-refractivity contribution in [2.24, 2.45) is 0 Å². The molecule has 0 aliphatic carbocycles. The zero-order chi connectivity index (χ0) is 25.9. The van der Waals surface area contributed by atoms with E-state index in [1.165, 1.54) is 0 Å². The minimum absolute atomic E-state index is 0.0724. The number of ether oxygens (including phenoxy) is 2. The van der Waals surface area contributed by atoms with Gasteiger partial charge in [0.2, 0.25) is 0 Å². The molecule has 1 unspecified atom stereocenters. The van der Waals surface area contributed by atoms with Crippen LogP contribution in [0.2, 0.25) is 0 Å². The van der Waals surface area contributed by atoms with Crippen LogP contribution in [0.5, 0.6) is 11.5 Å². The van der Waals surface area contributed by atoms with Gasteiger partial charge in [-0.25, -0.2) is 4.68 Å². The van der Waals surface area contributed by atoms with E-state index in [1.807, 2.05) is 96.0 Å². The van der Waals surface area contributed by atoms with E-state index in [0.29, 0.717) is 11.4 Å². The summed E-state index contributed by atoms with van der Waals surface area (Å²) in [6.07, 6.45) is 1.19. The normalized spacial score (nSPS) is 15.2. The van der Waals surface area contributed by atoms with Gasteiger partial charge >= 0.3 is 0 Å². The summed E-state index contributed by atoms with van der Waals surface area (Å²) in [7, 11) is 3.21. The maximum absolute atomic E-state index is 13.0. The Bertz CT molecular complexity index is 1510. The van der Waals surface area contributed by atoms with Gasteiger partial charge in [0.25, 0.3) is 5.91 Å². The SMILES string of the molecule is COc1ccc(-c2nn(-c3ccccc3)cc2C2NC(=O)C(C#N)=C(S)N2c2ccc(OC)cc2)cc1. The van der Waals surface area contributed by atoms with Gasteiger partial charge in [0.05, 0.1) is 30.6 Å². The Morgan fingerprint density at radius 1 is 0.919 bits per heavy atom. The number of nitrogens with one attached hydrogen (secondary N) is 1. The van der Waals surface area contributed by atoms with Crippen LogP contribution >= 0.6 is 12.6 Å². The Kier molecular flexibility index (Phi) is 6.58. The van der Waals surface area contributed by atoms with Crippen molar-refractivity contribution in [2.45, 2.75) is 6.17 Å². The summed E-state index contributed by atoms with van der Waals surface area (Å²) in [6.45, 7) is 0. The number of rotatable bonds is 6. The monoisotopic (exact) mass is 509 g/mol. The van der Waals surface area contributed by atoms with Gasteiger partial charge in [-0.1, -0.05) is 18.2 Å². The number of anilines is 1. The lowest BCUT2D eigenvalue weighted by Crippen LogP contribution is -2.46. The van der Waals surface area contributed by atoms with Crippen molar-refractivity contribution in [1.82, 2.24) is 15.1 Å². The number of methoxy groups -OCH3 is 2. The molecule has 0 bridgehead atoms. The zero-order valence-electron chi connectivity index (χ0n) is 20.1. The first-order valence-electron chi connectivity index (χ1n) is 11.4. The molecule has 0 saturated carbocycles. The van der Waals surface area contributed by atoms with E-state index in [0.717, 1.165) is 28.3 Å². The number of benzene rings is 3. The van der Waals surface area contributed by atoms with Crippen LogP contribution in [-0.2, 0) is 4.79 Å². The number of hydrogen-bond donors (Lipinski definition) is 2. The number of aromatic nitrogens is 2. The molecule has 8 nitrogen and oxygen atoms in total. The van der Waals surface area contributed by atoms with Crippen molar-refractivity contribution < 1.29 is 14.3 Å². The topological polar surface area (TPSA) is 92.4 Å². The Balaban J connectivity index is 1.71. The molecule has 3 aromatic carbocycles. The van der Waals surface area contributed by atoms with Gasteiger partial charge in [0.1, 0.15) is 29.3 Å². The highest BCUT2D eigenvalue weighted by molar-refractivity contribution is 7.84. The molecule has 1 aromatic heterocycles. The molecule has 2 heterocycles. The molecule has 4 aromatic rings. The first-order chi connectivity index (χ1) is 18.0. The number of nitriles is 1. The van der Waals surface area contributed by atoms with E-state index in [1.54, 1.807) is 18.9 Å². The molecule has 0 saturated heterocycles. The van der Waals surface area contributed by atoms with Gasteiger partial charge in [-0.3, -0.25) is 4.79 Å². The predicted octanol–water partition coefficient (Wildman–Crippen LogP) is 4.86. The molecule has 1 amide bonds. The molecule has 0 fully saturated rings. The van der Waals surface area contributed by atoms with Gasteiger partial charge in [0, 0.05) is 23.0 Å². The minimum Gasteiger partial charge on any atom is -0.497 e. The molecule has 0 radical (unpaired) electrons. The standard InChI is InChI=1S/C28H23N5O3S/c1-35-21-12-8-18(9-13-21)25-24(17-32(31-25)19-6-4-3-5-7-19)26-30-27(34)23(16-29)28(37)33(26)20-10-14-22(36-2)15-11-20/h3-15,17,26,37H,1-2H3,(H,30,34). The Hall–Kier alpha value is -4.68. The third-order valence-electron chi connectivity index (χ3n) is 6.09. The highest BCUT2D eigenvalue weighted by Gasteiger charge is 2.36. The van der Waals surface area contributed by atoms with Crippen LogP contribution in [-0.4, -0.2) is 29.9 Å². The van der Waals surface area contributed by atoms with Crippen molar-refractivity contribution in [3.8, 4) is 34.5 Å². The lowest BCUT2D eigenvalue weighted by Gasteiger charge is -2.37. The van der Waals surface area contributed by atoms with E-state index < -0.39 is 12.1 Å². The summed E-state index contributed by atoms with van der Waals surface area (Å²) in [6, 6.07) is 26.6. The van der Waals surface area contributed by atoms with Gasteiger partial charge in [0.15, 0.2) is 0 Å². The van der Waals surface area contributed by atoms with Crippen molar-refractivity contribution in [3.63, 3.8) is 0 Å². The third-order valence-corrected chi connectivity index (χ3v) is 6.53. The first-order valence-corrected chi connectivity index (χ1v) is 11.9. The second kappa shape index (κ2) is 10.1. The van der Waals surface area contributed by atoms with Gasteiger partial charge in [-0.2, -0.15) is 10.4 Å². The first kappa shape index (κ1) is 24.0. The largest absolute Gasteiger partial charge is 0.497 e. The van der Waals surface area contributed by atoms with Crippen LogP contribution in [0.3, 0.4) is 0 Å². The highest BCUT2D eigenvalue weighted by Crippen LogP contribution is 2.40. The fourth-order valence-corrected chi connectivity index (χ4v) is 4.59. The van der Waals surface area contributed by atoms with Gasteiger partial charge in [-0.05, 0) is 60.7 Å². The number of carbonyl (C=O) groups excluding carboxylic acids is 1. The average Bonchev–Trinajstić information content (AvgIpc) is 3.39. The summed E-state index contributed by atoms with van der Waals surface area (Å²) in [4.78, 5) is 14.8. The lowest BCUT2D eigenvalue weighted by molar-refractivity contribution is -0.118. The third kappa shape index (κ3) is 4.50. The second-order valence-corrected chi connectivity index (χ2v) is 8.62. The van der Waals surface area contributed by atoms with Crippen LogP contribution in [0, 0.1) is 11.3 Å². The van der Waals surface area contributed by atoms with Crippen LogP contribution in [0.15, 0.2) is 95.7 Å². The second-order valence-electron chi connectivity index (χ2n) is 8.20. The van der Waals surface area contributed by atoms with Crippen LogP contribution in [0.1, 0.15) is 11.7 Å². The molecule has 9 heteroatoms. The Morgan fingerprint density at radius 3 is 2.14 bits per heavy atom. The summed E-state index contributed by atoms with van der Waals surface area (Å²) in [5.74, 6) is 0.899. The molecule has 0 spiro atoms. The Labute approximate surface area is 219 Å². The van der Waals surface area contributed by atoms with Crippen molar-refractivity contribution in [2.75, 3.05) is 19.1 Å². The molecule has 1 aliphatic heterocycles. The van der Waals surface area contributed by atoms with Crippen LogP contribution in [0.4, 0.5) is 5.69 Å². The van der Waals surface area contributed by atoms with Crippen LogP contribution in [0.25, 0.3) is 16.9 Å². The van der Waals surface area contributed by atoms with E-state index in [9.17, 15) is 10.1 Å². The van der Waals surface area contributed by atoms with E-state index in [-0.39, 0.29) is 10.6 Å². The van der Waals surface area contributed by atoms with Crippen molar-refractivity contribution in [3.05, 3.63) is 101 Å². The molecule has 1 aliphatic rings. The minimum atomic E-state index is -0.694. The van der Waals surface area contributed by atoms with Crippen molar-refractivity contribution >= 4 is 24.2 Å². The lowest BCUT2D eigenvalue weighted by atomic mass is 10.0. The smallest absolute Gasteiger partial charge is 0.266 e. The summed E-state index contributed by atoms with van der Waals surface area (Å²) in [5, 5.41) is 17.8. The zero-order valence-corrected chi connectivity index (χ0v) is 21.0. The Morgan fingerprint density at radius 2 is 1.54 bits per heavy atom. The van der Waals surface area contributed by atoms with E-state index in [2.05, 4.69) is 17.9 Å². The van der Waals surface area contributed by atoms with E-state index >= 15 is 0 Å². The van der Waals surface area contributed by atoms with Gasteiger partial charge in [-0.15, -0.1) is 12.6 Å². The molecule has 37 heavy (non-hydrogen) atoms. The predicted molar refractivity (Wildman–Crippen MR) is 144 cm³/mol. The maximum atomic E-state index is 13.0. The maximum Gasteiger partial charge on any atom is 0.266 e. The fourth-order valence-electron chi connectivity index (χ4n) is 4.21. The molecular formula is C28H23N5O3S. The fraction of sp³-hybridized carbons (Fsp3) is 0.107. The number of thiol groups is 1.